The van der Waals surface area contributed by atoms with Crippen LogP contribution in [0.15, 0.2) is 65.7 Å². The minimum Gasteiger partial charge on any atom is -0.459 e. The molecule has 0 bridgehead atoms. The summed E-state index contributed by atoms with van der Waals surface area (Å²) in [5.74, 6) is -0.213. The molecule has 3 aromatic rings. The molecule has 2 atom stereocenters. The predicted molar refractivity (Wildman–Crippen MR) is 141 cm³/mol. The minimum absolute atomic E-state index is 0.0184. The van der Waals surface area contributed by atoms with E-state index >= 15 is 0 Å². The Hall–Kier alpha value is -3.51. The maximum atomic E-state index is 13.0. The largest absolute Gasteiger partial charge is 0.459 e. The second-order valence-electron chi connectivity index (χ2n) is 8.30. The number of benzene rings is 2. The number of carbonyl (C=O) groups is 1. The molecular weight excluding hydrogens is 498 g/mol. The van der Waals surface area contributed by atoms with Gasteiger partial charge in [-0.25, -0.2) is 0 Å². The van der Waals surface area contributed by atoms with E-state index in [-0.39, 0.29) is 43.1 Å². The van der Waals surface area contributed by atoms with Crippen LogP contribution >= 0.6 is 11.3 Å². The third-order valence-electron chi connectivity index (χ3n) is 5.78. The fourth-order valence-corrected chi connectivity index (χ4v) is 5.02. The van der Waals surface area contributed by atoms with Crippen molar-refractivity contribution in [2.75, 3.05) is 44.8 Å². The molecule has 0 spiro atoms. The van der Waals surface area contributed by atoms with E-state index in [0.29, 0.717) is 31.8 Å². The van der Waals surface area contributed by atoms with E-state index < -0.39 is 11.2 Å². The van der Waals surface area contributed by atoms with Crippen LogP contribution in [-0.2, 0) is 19.0 Å². The topological polar surface area (TPSA) is 132 Å². The average Bonchev–Trinajstić information content (AvgIpc) is 3.35. The monoisotopic (exact) mass is 527 g/mol. The Morgan fingerprint density at radius 2 is 1.95 bits per heavy atom. The zero-order chi connectivity index (χ0) is 26.0. The van der Waals surface area contributed by atoms with Gasteiger partial charge in [0.05, 0.1) is 31.4 Å². The molecular formula is C26H29N3O7S. The first-order valence-corrected chi connectivity index (χ1v) is 12.8. The summed E-state index contributed by atoms with van der Waals surface area (Å²) in [6.45, 7) is 1.52. The molecule has 1 aromatic heterocycles. The first kappa shape index (κ1) is 26.6. The van der Waals surface area contributed by atoms with Crippen molar-refractivity contribution in [3.05, 3.63) is 81.4 Å². The van der Waals surface area contributed by atoms with Crippen molar-refractivity contribution in [1.82, 2.24) is 5.32 Å². The summed E-state index contributed by atoms with van der Waals surface area (Å²) in [5, 5.41) is 28.9. The lowest BCUT2D eigenvalue weighted by atomic mass is 9.92. The van der Waals surface area contributed by atoms with Gasteiger partial charge in [-0.15, -0.1) is 11.3 Å². The Morgan fingerprint density at radius 3 is 2.73 bits per heavy atom. The summed E-state index contributed by atoms with van der Waals surface area (Å²) in [4.78, 5) is 23.3. The number of allylic oxidation sites excluding steroid dienone is 1. The van der Waals surface area contributed by atoms with Gasteiger partial charge in [0.1, 0.15) is 0 Å². The second kappa shape index (κ2) is 13.2. The number of hydrogen-bond acceptors (Lipinski definition) is 9. The first-order chi connectivity index (χ1) is 18.0. The van der Waals surface area contributed by atoms with E-state index in [0.717, 1.165) is 10.9 Å². The lowest BCUT2D eigenvalue weighted by Gasteiger charge is -2.29. The van der Waals surface area contributed by atoms with Gasteiger partial charge in [-0.1, -0.05) is 18.2 Å². The smallest absolute Gasteiger partial charge is 0.286 e. The number of thiophene rings is 1. The molecule has 0 saturated heterocycles. The van der Waals surface area contributed by atoms with Crippen molar-refractivity contribution in [2.24, 2.45) is 0 Å². The highest BCUT2D eigenvalue weighted by Gasteiger charge is 2.30. The average molecular weight is 528 g/mol. The number of nitrogens with one attached hydrogen (secondary N) is 2. The quantitative estimate of drug-likeness (QED) is 0.174. The number of hydrogen-bond donors (Lipinski definition) is 3. The molecule has 4 rings (SSSR count). The van der Waals surface area contributed by atoms with Crippen LogP contribution in [0.5, 0.6) is 0 Å². The molecule has 2 heterocycles. The van der Waals surface area contributed by atoms with Crippen LogP contribution in [0.3, 0.4) is 0 Å². The molecule has 1 aliphatic rings. The Bertz CT molecular complexity index is 1230. The number of ether oxygens (including phenoxy) is 3. The number of fused-ring (bicyclic) bond motifs is 1. The van der Waals surface area contributed by atoms with E-state index in [1.165, 1.54) is 16.8 Å². The van der Waals surface area contributed by atoms with Crippen molar-refractivity contribution in [1.29, 1.82) is 0 Å². The highest BCUT2D eigenvalue weighted by Crippen LogP contribution is 2.38. The van der Waals surface area contributed by atoms with Crippen LogP contribution in [0, 0.1) is 10.1 Å². The number of aliphatic hydroxyl groups excluding tert-OH is 1. The summed E-state index contributed by atoms with van der Waals surface area (Å²) in [5.41, 5.74) is 1.86. The molecule has 11 heteroatoms. The Labute approximate surface area is 218 Å². The minimum atomic E-state index is -0.620. The highest BCUT2D eigenvalue weighted by molar-refractivity contribution is 7.17. The molecule has 37 heavy (non-hydrogen) atoms. The van der Waals surface area contributed by atoms with Crippen LogP contribution in [0.2, 0.25) is 0 Å². The van der Waals surface area contributed by atoms with Gasteiger partial charge in [0.2, 0.25) is 6.29 Å². The number of amides is 1. The van der Waals surface area contributed by atoms with Gasteiger partial charge in [0.15, 0.2) is 5.76 Å². The summed E-state index contributed by atoms with van der Waals surface area (Å²) < 4.78 is 18.2. The number of nitro groups is 1. The number of carbonyl (C=O) groups excluding carboxylic acids is 1. The summed E-state index contributed by atoms with van der Waals surface area (Å²) in [7, 11) is 0. The highest BCUT2D eigenvalue weighted by atomic mass is 32.1. The van der Waals surface area contributed by atoms with E-state index in [2.05, 4.69) is 28.1 Å². The number of anilines is 1. The number of nitro benzene ring substituents is 1. The Kier molecular flexibility index (Phi) is 9.44. The zero-order valence-electron chi connectivity index (χ0n) is 20.1. The van der Waals surface area contributed by atoms with Gasteiger partial charge in [-0.2, -0.15) is 0 Å². The molecule has 1 amide bonds. The SMILES string of the molecule is O=C(NCCNc1ccc([N+](=O)[O-])cc1)C1=C[C@H](c2csc3ccccc23)C[C@H](OCCOCCO)O1. The first-order valence-electron chi connectivity index (χ1n) is 12.0. The molecule has 1 aliphatic heterocycles. The molecule has 196 valence electrons. The number of nitrogens with zero attached hydrogens (tertiary/aromatic N) is 1. The lowest BCUT2D eigenvalue weighted by Crippen LogP contribution is -2.35. The summed E-state index contributed by atoms with van der Waals surface area (Å²) in [6.07, 6.45) is 1.78. The fraction of sp³-hybridized carbons (Fsp3) is 0.346. The summed E-state index contributed by atoms with van der Waals surface area (Å²) >= 11 is 1.66. The van der Waals surface area contributed by atoms with Gasteiger partial charge in [0, 0.05) is 47.9 Å². The van der Waals surface area contributed by atoms with E-state index in [4.69, 9.17) is 19.3 Å². The van der Waals surface area contributed by atoms with Crippen molar-refractivity contribution < 1.29 is 29.0 Å². The molecule has 2 aromatic carbocycles. The van der Waals surface area contributed by atoms with Crippen LogP contribution in [0.25, 0.3) is 10.1 Å². The molecule has 3 N–H and O–H groups in total. The van der Waals surface area contributed by atoms with Gasteiger partial charge in [-0.05, 0) is 40.6 Å². The van der Waals surface area contributed by atoms with Gasteiger partial charge >= 0.3 is 0 Å². The fourth-order valence-electron chi connectivity index (χ4n) is 4.00. The number of non-ortho nitro benzene ring substituents is 1. The van der Waals surface area contributed by atoms with Crippen LogP contribution in [0.1, 0.15) is 17.9 Å². The standard InChI is InChI=1S/C26H29N3O7S/c30-11-12-34-13-14-35-25-16-18(22-17-37-24-4-2-1-3-21(22)24)15-23(36-25)26(31)28-10-9-27-19-5-7-20(8-6-19)29(32)33/h1-8,15,17-18,25,27,30H,9-14,16H2,(H,28,31)/t18-,25+/m0/s1. The van der Waals surface area contributed by atoms with Crippen molar-refractivity contribution in [2.45, 2.75) is 18.6 Å². The maximum Gasteiger partial charge on any atom is 0.286 e. The van der Waals surface area contributed by atoms with Crippen molar-refractivity contribution >= 4 is 38.7 Å². The van der Waals surface area contributed by atoms with Crippen LogP contribution in [-0.4, -0.2) is 61.7 Å². The lowest BCUT2D eigenvalue weighted by molar-refractivity contribution is -0.384. The van der Waals surface area contributed by atoms with Gasteiger partial charge in [0.25, 0.3) is 11.6 Å². The van der Waals surface area contributed by atoms with Gasteiger partial charge < -0.3 is 30.0 Å². The van der Waals surface area contributed by atoms with E-state index in [9.17, 15) is 14.9 Å². The van der Waals surface area contributed by atoms with E-state index in [1.807, 2.05) is 18.2 Å². The second-order valence-corrected chi connectivity index (χ2v) is 9.21. The summed E-state index contributed by atoms with van der Waals surface area (Å²) in [6, 6.07) is 14.2. The van der Waals surface area contributed by atoms with Crippen molar-refractivity contribution in [3.8, 4) is 0 Å². The molecule has 0 unspecified atom stereocenters. The zero-order valence-corrected chi connectivity index (χ0v) is 20.9. The molecule has 0 aliphatic carbocycles. The third-order valence-corrected chi connectivity index (χ3v) is 6.76. The van der Waals surface area contributed by atoms with Crippen molar-refractivity contribution in [3.63, 3.8) is 0 Å². The predicted octanol–water partition coefficient (Wildman–Crippen LogP) is 3.78. The molecule has 0 radical (unpaired) electrons. The Morgan fingerprint density at radius 1 is 1.14 bits per heavy atom. The van der Waals surface area contributed by atoms with Gasteiger partial charge in [-0.3, -0.25) is 14.9 Å². The number of aliphatic hydroxyl groups is 1. The van der Waals surface area contributed by atoms with Crippen LogP contribution in [0.4, 0.5) is 11.4 Å². The molecule has 0 fully saturated rings. The number of rotatable bonds is 13. The molecule has 10 nitrogen and oxygen atoms in total. The Balaban J connectivity index is 1.37. The van der Waals surface area contributed by atoms with Crippen LogP contribution < -0.4 is 10.6 Å². The maximum absolute atomic E-state index is 13.0. The normalized spacial score (nSPS) is 17.2. The van der Waals surface area contributed by atoms with E-state index in [1.54, 1.807) is 23.5 Å². The third kappa shape index (κ3) is 7.26. The molecule has 0 saturated carbocycles.